The average molecular weight is 387 g/mol. The van der Waals surface area contributed by atoms with E-state index in [0.717, 1.165) is 0 Å². The molecule has 0 aliphatic heterocycles. The highest BCUT2D eigenvalue weighted by Crippen LogP contribution is 2.44. The van der Waals surface area contributed by atoms with Crippen molar-refractivity contribution in [3.63, 3.8) is 0 Å². The van der Waals surface area contributed by atoms with Crippen molar-refractivity contribution >= 4 is 8.32 Å². The van der Waals surface area contributed by atoms with E-state index in [9.17, 15) is 10.2 Å². The first kappa shape index (κ1) is 21.7. The van der Waals surface area contributed by atoms with Gasteiger partial charge in [-0.05, 0) is 28.3 Å². The lowest BCUT2D eigenvalue weighted by molar-refractivity contribution is 0.0162. The molecule has 2 atom stereocenters. The molecule has 3 nitrogen and oxygen atoms in total. The smallest absolute Gasteiger partial charge is 0.258 e. The molecule has 0 amide bonds. The van der Waals surface area contributed by atoms with Crippen molar-refractivity contribution in [1.82, 2.24) is 0 Å². The second-order valence-corrected chi connectivity index (χ2v) is 13.6. The Balaban J connectivity index is 2.42. The van der Waals surface area contributed by atoms with E-state index in [0.29, 0.717) is 33.5 Å². The van der Waals surface area contributed by atoms with Gasteiger partial charge in [-0.3, -0.25) is 0 Å². The first-order valence-corrected chi connectivity index (χ1v) is 12.0. The molecule has 0 aromatic heterocycles. The van der Waals surface area contributed by atoms with Crippen LogP contribution in [-0.2, 0) is 0 Å². The van der Waals surface area contributed by atoms with Crippen molar-refractivity contribution in [2.45, 2.75) is 70.4 Å². The second-order valence-electron chi connectivity index (χ2n) is 8.26. The molecular weight excluding hydrogens is 352 g/mol. The van der Waals surface area contributed by atoms with E-state index < -0.39 is 20.5 Å². The van der Waals surface area contributed by atoms with Gasteiger partial charge in [0.15, 0.2) is 0 Å². The molecule has 0 unspecified atom stereocenters. The van der Waals surface area contributed by atoms with Crippen LogP contribution in [0.5, 0.6) is 5.75 Å². The topological polar surface area (TPSA) is 49.7 Å². The lowest BCUT2D eigenvalue weighted by Crippen LogP contribution is -2.51. The Morgan fingerprint density at radius 3 is 1.67 bits per heavy atom. The number of benzene rings is 2. The fourth-order valence-electron chi connectivity index (χ4n) is 4.36. The Labute approximate surface area is 165 Å². The summed E-state index contributed by atoms with van der Waals surface area (Å²) in [4.78, 5) is 0. The molecule has 0 fully saturated rings. The summed E-state index contributed by atoms with van der Waals surface area (Å²) in [6.07, 6.45) is -2.04. The molecule has 27 heavy (non-hydrogen) atoms. The molecule has 0 radical (unpaired) electrons. The molecule has 4 heteroatoms. The minimum atomic E-state index is -2.15. The van der Waals surface area contributed by atoms with Crippen LogP contribution in [-0.4, -0.2) is 18.5 Å². The zero-order valence-corrected chi connectivity index (χ0v) is 18.4. The minimum Gasteiger partial charge on any atom is -0.542 e. The van der Waals surface area contributed by atoms with Crippen molar-refractivity contribution < 1.29 is 14.6 Å². The standard InChI is InChI=1S/C23H34O3Si/c1-16(2)27(17(3)4,18(5)6)26-21-15-11-10-14-20(21)23(25)22(24)19-12-8-7-9-13-19/h7-18,22-25H,1-6H3/t22-,23-/m1/s1. The van der Waals surface area contributed by atoms with Gasteiger partial charge in [0.05, 0.1) is 0 Å². The van der Waals surface area contributed by atoms with Crippen LogP contribution in [0, 0.1) is 0 Å². The summed E-state index contributed by atoms with van der Waals surface area (Å²) in [5.41, 5.74) is 2.64. The van der Waals surface area contributed by atoms with E-state index in [1.54, 1.807) is 0 Å². The molecule has 0 heterocycles. The molecule has 2 rings (SSSR count). The van der Waals surface area contributed by atoms with Crippen molar-refractivity contribution in [3.8, 4) is 5.75 Å². The van der Waals surface area contributed by atoms with Gasteiger partial charge in [-0.2, -0.15) is 0 Å². The van der Waals surface area contributed by atoms with E-state index in [-0.39, 0.29) is 0 Å². The van der Waals surface area contributed by atoms with Gasteiger partial charge >= 0.3 is 0 Å². The SMILES string of the molecule is CC(C)[Si](Oc1ccccc1[C@@H](O)[C@H](O)c1ccccc1)(C(C)C)C(C)C. The number of para-hydroxylation sites is 1. The normalized spacial score (nSPS) is 14.6. The molecule has 2 aromatic rings. The summed E-state index contributed by atoms with van der Waals surface area (Å²) < 4.78 is 6.79. The lowest BCUT2D eigenvalue weighted by Gasteiger charge is -2.43. The molecule has 0 aliphatic rings. The summed E-state index contributed by atoms with van der Waals surface area (Å²) >= 11 is 0. The van der Waals surface area contributed by atoms with Gasteiger partial charge in [-0.1, -0.05) is 90.1 Å². The third-order valence-electron chi connectivity index (χ3n) is 5.67. The van der Waals surface area contributed by atoms with E-state index in [1.807, 2.05) is 54.6 Å². The van der Waals surface area contributed by atoms with E-state index in [2.05, 4.69) is 41.5 Å². The Kier molecular flexibility index (Phi) is 7.26. The Hall–Kier alpha value is -1.62. The first-order valence-electron chi connectivity index (χ1n) is 9.90. The fraction of sp³-hybridized carbons (Fsp3) is 0.478. The minimum absolute atomic E-state index is 0.432. The highest BCUT2D eigenvalue weighted by atomic mass is 28.4. The van der Waals surface area contributed by atoms with Crippen LogP contribution in [0.2, 0.25) is 16.6 Å². The van der Waals surface area contributed by atoms with Gasteiger partial charge in [0.25, 0.3) is 8.32 Å². The van der Waals surface area contributed by atoms with Gasteiger partial charge in [0.1, 0.15) is 18.0 Å². The highest BCUT2D eigenvalue weighted by molar-refractivity contribution is 6.78. The molecule has 2 aromatic carbocycles. The Morgan fingerprint density at radius 2 is 1.15 bits per heavy atom. The molecule has 0 bridgehead atoms. The van der Waals surface area contributed by atoms with Crippen LogP contribution in [0.25, 0.3) is 0 Å². The fourth-order valence-corrected chi connectivity index (χ4v) is 9.64. The molecule has 0 saturated heterocycles. The Morgan fingerprint density at radius 1 is 0.667 bits per heavy atom. The highest BCUT2D eigenvalue weighted by Gasteiger charge is 2.47. The van der Waals surface area contributed by atoms with Crippen LogP contribution in [0.15, 0.2) is 54.6 Å². The Bertz CT molecular complexity index is 691. The zero-order chi connectivity index (χ0) is 20.2. The number of hydrogen-bond donors (Lipinski definition) is 2. The number of rotatable bonds is 8. The van der Waals surface area contributed by atoms with E-state index >= 15 is 0 Å². The third-order valence-corrected chi connectivity index (χ3v) is 11.7. The number of aliphatic hydroxyl groups is 2. The molecule has 148 valence electrons. The largest absolute Gasteiger partial charge is 0.542 e. The van der Waals surface area contributed by atoms with Crippen LogP contribution in [0.1, 0.15) is 64.9 Å². The molecule has 2 N–H and O–H groups in total. The lowest BCUT2D eigenvalue weighted by atomic mass is 9.98. The second kappa shape index (κ2) is 9.05. The number of aliphatic hydroxyl groups excluding tert-OH is 2. The number of hydrogen-bond acceptors (Lipinski definition) is 3. The van der Waals surface area contributed by atoms with Gasteiger partial charge in [-0.25, -0.2) is 0 Å². The van der Waals surface area contributed by atoms with Gasteiger partial charge in [0.2, 0.25) is 0 Å². The van der Waals surface area contributed by atoms with E-state index in [1.165, 1.54) is 0 Å². The van der Waals surface area contributed by atoms with Gasteiger partial charge < -0.3 is 14.6 Å². The maximum absolute atomic E-state index is 10.9. The summed E-state index contributed by atoms with van der Waals surface area (Å²) in [5, 5.41) is 21.6. The van der Waals surface area contributed by atoms with Crippen LogP contribution < -0.4 is 4.43 Å². The van der Waals surface area contributed by atoms with Gasteiger partial charge in [0, 0.05) is 5.56 Å². The predicted octanol–water partition coefficient (Wildman–Crippen LogP) is 6.01. The van der Waals surface area contributed by atoms with Crippen LogP contribution >= 0.6 is 0 Å². The summed E-state index contributed by atoms with van der Waals surface area (Å²) in [6.45, 7) is 13.4. The zero-order valence-electron chi connectivity index (χ0n) is 17.4. The van der Waals surface area contributed by atoms with Crippen LogP contribution in [0.3, 0.4) is 0 Å². The summed E-state index contributed by atoms with van der Waals surface area (Å²) in [6, 6.07) is 16.9. The molecular formula is C23H34O3Si. The van der Waals surface area contributed by atoms with Crippen molar-refractivity contribution in [1.29, 1.82) is 0 Å². The molecule has 0 spiro atoms. The maximum atomic E-state index is 10.9. The van der Waals surface area contributed by atoms with E-state index in [4.69, 9.17) is 4.43 Å². The average Bonchev–Trinajstić information content (AvgIpc) is 2.65. The monoisotopic (exact) mass is 386 g/mol. The predicted molar refractivity (Wildman–Crippen MR) is 114 cm³/mol. The summed E-state index contributed by atoms with van der Waals surface area (Å²) in [7, 11) is -2.15. The van der Waals surface area contributed by atoms with Crippen molar-refractivity contribution in [2.24, 2.45) is 0 Å². The van der Waals surface area contributed by atoms with Crippen molar-refractivity contribution in [3.05, 3.63) is 65.7 Å². The van der Waals surface area contributed by atoms with Crippen LogP contribution in [0.4, 0.5) is 0 Å². The first-order chi connectivity index (χ1) is 12.7. The molecule has 0 aliphatic carbocycles. The maximum Gasteiger partial charge on any atom is 0.258 e. The third kappa shape index (κ3) is 4.45. The van der Waals surface area contributed by atoms with Gasteiger partial charge in [-0.15, -0.1) is 0 Å². The summed E-state index contributed by atoms with van der Waals surface area (Å²) in [5.74, 6) is 0.697. The van der Waals surface area contributed by atoms with Crippen molar-refractivity contribution in [2.75, 3.05) is 0 Å². The molecule has 0 saturated carbocycles. The quantitative estimate of drug-likeness (QED) is 0.546.